The second kappa shape index (κ2) is 7.56. The minimum absolute atomic E-state index is 0.0764. The smallest absolute Gasteiger partial charge is 0.234 e. The lowest BCUT2D eigenvalue weighted by Crippen LogP contribution is -2.41. The standard InChI is InChI=1S/C22H32FN3O4S/c1-10-31(27,28)26(9)15-11-16(18-13(2)24-25(8)14(18)3)19(23)17(12-15)20-29-21(4,5)22(6,7)30-20/h11-12,20H,10H2,1-9H3. The minimum atomic E-state index is -3.56. The maximum atomic E-state index is 15.9. The minimum Gasteiger partial charge on any atom is -0.339 e. The third-order valence-electron chi connectivity index (χ3n) is 6.52. The van der Waals surface area contributed by atoms with Gasteiger partial charge >= 0.3 is 0 Å². The van der Waals surface area contributed by atoms with Crippen LogP contribution in [0, 0.1) is 19.7 Å². The van der Waals surface area contributed by atoms with Crippen LogP contribution in [0.4, 0.5) is 10.1 Å². The number of anilines is 1. The van der Waals surface area contributed by atoms with Crippen LogP contribution in [0.2, 0.25) is 0 Å². The zero-order chi connectivity index (χ0) is 23.5. The molecule has 0 atom stereocenters. The van der Waals surface area contributed by atoms with Gasteiger partial charge in [0.2, 0.25) is 10.0 Å². The van der Waals surface area contributed by atoms with Crippen molar-refractivity contribution in [2.24, 2.45) is 7.05 Å². The number of aryl methyl sites for hydroxylation is 2. The molecule has 0 aliphatic carbocycles. The third kappa shape index (κ3) is 3.87. The Kier molecular flexibility index (Phi) is 5.78. The molecule has 31 heavy (non-hydrogen) atoms. The molecule has 1 aliphatic heterocycles. The van der Waals surface area contributed by atoms with Crippen molar-refractivity contribution in [1.82, 2.24) is 9.78 Å². The van der Waals surface area contributed by atoms with Gasteiger partial charge in [0, 0.05) is 36.5 Å². The second-order valence-corrected chi connectivity index (χ2v) is 11.3. The fourth-order valence-electron chi connectivity index (χ4n) is 3.65. The van der Waals surface area contributed by atoms with Crippen molar-refractivity contribution in [3.63, 3.8) is 0 Å². The summed E-state index contributed by atoms with van der Waals surface area (Å²) < 4.78 is 56.1. The molecule has 0 saturated carbocycles. The van der Waals surface area contributed by atoms with Crippen LogP contribution in [0.1, 0.15) is 57.9 Å². The lowest BCUT2D eigenvalue weighted by molar-refractivity contribution is -0.0914. The van der Waals surface area contributed by atoms with E-state index in [1.807, 2.05) is 34.6 Å². The van der Waals surface area contributed by atoms with E-state index in [0.29, 0.717) is 16.9 Å². The maximum absolute atomic E-state index is 15.9. The molecule has 0 unspecified atom stereocenters. The number of aromatic nitrogens is 2. The van der Waals surface area contributed by atoms with E-state index >= 15 is 4.39 Å². The molecule has 2 heterocycles. The molecule has 9 heteroatoms. The Morgan fingerprint density at radius 3 is 2.16 bits per heavy atom. The van der Waals surface area contributed by atoms with Gasteiger partial charge in [-0.15, -0.1) is 0 Å². The fraction of sp³-hybridized carbons (Fsp3) is 0.591. The second-order valence-electron chi connectivity index (χ2n) is 9.02. The molecule has 0 spiro atoms. The van der Waals surface area contributed by atoms with Crippen LogP contribution in [0.25, 0.3) is 11.1 Å². The molecule has 1 fully saturated rings. The van der Waals surface area contributed by atoms with Gasteiger partial charge in [0.15, 0.2) is 6.29 Å². The van der Waals surface area contributed by atoms with Gasteiger partial charge in [-0.2, -0.15) is 5.10 Å². The maximum Gasteiger partial charge on any atom is 0.234 e. The van der Waals surface area contributed by atoms with E-state index in [0.717, 1.165) is 5.69 Å². The molecule has 3 rings (SSSR count). The highest BCUT2D eigenvalue weighted by atomic mass is 32.2. The summed E-state index contributed by atoms with van der Waals surface area (Å²) in [6.07, 6.45) is -0.973. The Bertz CT molecular complexity index is 1110. The first kappa shape index (κ1) is 23.7. The first-order chi connectivity index (χ1) is 14.1. The first-order valence-electron chi connectivity index (χ1n) is 10.3. The van der Waals surface area contributed by atoms with Crippen LogP contribution in [0.15, 0.2) is 12.1 Å². The van der Waals surface area contributed by atoms with Gasteiger partial charge in [0.25, 0.3) is 0 Å². The van der Waals surface area contributed by atoms with Crippen molar-refractivity contribution >= 4 is 15.7 Å². The normalized spacial score (nSPS) is 18.5. The number of ether oxygens (including phenoxy) is 2. The Morgan fingerprint density at radius 1 is 1.16 bits per heavy atom. The number of rotatable bonds is 5. The molecule has 172 valence electrons. The number of nitrogens with zero attached hydrogens (tertiary/aromatic N) is 3. The molecule has 2 aromatic rings. The van der Waals surface area contributed by atoms with Crippen molar-refractivity contribution in [2.75, 3.05) is 17.1 Å². The van der Waals surface area contributed by atoms with Crippen LogP contribution in [0.5, 0.6) is 0 Å². The summed E-state index contributed by atoms with van der Waals surface area (Å²) in [6, 6.07) is 3.05. The number of sulfonamides is 1. The van der Waals surface area contributed by atoms with E-state index < -0.39 is 33.3 Å². The van der Waals surface area contributed by atoms with Gasteiger partial charge < -0.3 is 9.47 Å². The zero-order valence-electron chi connectivity index (χ0n) is 19.7. The molecular weight excluding hydrogens is 421 g/mol. The topological polar surface area (TPSA) is 73.7 Å². The zero-order valence-corrected chi connectivity index (χ0v) is 20.5. The molecule has 1 saturated heterocycles. The third-order valence-corrected chi connectivity index (χ3v) is 8.29. The van der Waals surface area contributed by atoms with Gasteiger partial charge in [-0.1, -0.05) is 0 Å². The molecular formula is C22H32FN3O4S. The number of halogens is 1. The van der Waals surface area contributed by atoms with Crippen LogP contribution >= 0.6 is 0 Å². The van der Waals surface area contributed by atoms with E-state index in [-0.39, 0.29) is 16.9 Å². The quantitative estimate of drug-likeness (QED) is 0.677. The van der Waals surface area contributed by atoms with E-state index in [9.17, 15) is 8.42 Å². The van der Waals surface area contributed by atoms with Crippen LogP contribution < -0.4 is 4.31 Å². The summed E-state index contributed by atoms with van der Waals surface area (Å²) in [5.74, 6) is -0.587. The lowest BCUT2D eigenvalue weighted by atomic mass is 9.90. The monoisotopic (exact) mass is 453 g/mol. The molecule has 7 nitrogen and oxygen atoms in total. The molecule has 1 aromatic carbocycles. The Labute approximate surface area is 184 Å². The van der Waals surface area contributed by atoms with Gasteiger partial charge in [-0.25, -0.2) is 12.8 Å². The summed E-state index contributed by atoms with van der Waals surface area (Å²) in [6.45, 7) is 12.8. The Hall–Kier alpha value is -1.97. The first-order valence-corrected chi connectivity index (χ1v) is 11.9. The van der Waals surface area contributed by atoms with Crippen LogP contribution in [-0.2, 0) is 26.5 Å². The molecule has 1 aromatic heterocycles. The summed E-state index contributed by atoms with van der Waals surface area (Å²) >= 11 is 0. The number of hydrogen-bond donors (Lipinski definition) is 0. The van der Waals surface area contributed by atoms with Crippen molar-refractivity contribution in [1.29, 1.82) is 0 Å². The highest BCUT2D eigenvalue weighted by Gasteiger charge is 2.50. The van der Waals surface area contributed by atoms with Crippen LogP contribution in [0.3, 0.4) is 0 Å². The van der Waals surface area contributed by atoms with Gasteiger partial charge in [0.1, 0.15) is 5.82 Å². The van der Waals surface area contributed by atoms with E-state index in [2.05, 4.69) is 5.10 Å². The largest absolute Gasteiger partial charge is 0.339 e. The molecule has 0 N–H and O–H groups in total. The van der Waals surface area contributed by atoms with E-state index in [1.54, 1.807) is 31.6 Å². The average molecular weight is 454 g/mol. The number of hydrogen-bond acceptors (Lipinski definition) is 5. The summed E-state index contributed by atoms with van der Waals surface area (Å²) in [7, 11) is -0.302. The lowest BCUT2D eigenvalue weighted by Gasteiger charge is -2.30. The van der Waals surface area contributed by atoms with Gasteiger partial charge in [-0.3, -0.25) is 8.99 Å². The summed E-state index contributed by atoms with van der Waals surface area (Å²) in [5, 5.41) is 4.40. The van der Waals surface area contributed by atoms with Gasteiger partial charge in [-0.05, 0) is 60.6 Å². The molecule has 1 aliphatic rings. The fourth-order valence-corrected chi connectivity index (χ4v) is 4.47. The highest BCUT2D eigenvalue weighted by molar-refractivity contribution is 7.92. The highest BCUT2D eigenvalue weighted by Crippen LogP contribution is 2.47. The number of benzene rings is 1. The predicted octanol–water partition coefficient (Wildman–Crippen LogP) is 4.23. The molecule has 0 bridgehead atoms. The molecule has 0 radical (unpaired) electrons. The summed E-state index contributed by atoms with van der Waals surface area (Å²) in [5.41, 5.74) is 1.48. The van der Waals surface area contributed by atoms with Gasteiger partial charge in [0.05, 0.1) is 28.3 Å². The average Bonchev–Trinajstić information content (AvgIpc) is 3.04. The van der Waals surface area contributed by atoms with Crippen molar-refractivity contribution in [3.05, 3.63) is 34.9 Å². The van der Waals surface area contributed by atoms with Crippen molar-refractivity contribution in [2.45, 2.75) is 66.0 Å². The Balaban J connectivity index is 2.28. The summed E-state index contributed by atoms with van der Waals surface area (Å²) in [4.78, 5) is 0. The SMILES string of the molecule is CCS(=O)(=O)N(C)c1cc(-c2c(C)nn(C)c2C)c(F)c(C2OC(C)(C)C(C)(C)O2)c1. The van der Waals surface area contributed by atoms with E-state index in [1.165, 1.54) is 17.4 Å². The predicted molar refractivity (Wildman–Crippen MR) is 119 cm³/mol. The Morgan fingerprint density at radius 2 is 1.71 bits per heavy atom. The van der Waals surface area contributed by atoms with E-state index in [4.69, 9.17) is 9.47 Å². The molecule has 0 amide bonds. The van der Waals surface area contributed by atoms with Crippen molar-refractivity contribution in [3.8, 4) is 11.1 Å². The van der Waals surface area contributed by atoms with Crippen LogP contribution in [-0.4, -0.2) is 42.2 Å². The van der Waals surface area contributed by atoms with Crippen molar-refractivity contribution < 1.29 is 22.3 Å².